The van der Waals surface area contributed by atoms with E-state index in [0.717, 1.165) is 12.8 Å². The van der Waals surface area contributed by atoms with E-state index in [-0.39, 0.29) is 4.83 Å². The summed E-state index contributed by atoms with van der Waals surface area (Å²) in [5.41, 5.74) is 0. The third-order valence-electron chi connectivity index (χ3n) is 1.58. The lowest BCUT2D eigenvalue weighted by molar-refractivity contribution is 0.524. The third kappa shape index (κ3) is 3.49. The van der Waals surface area contributed by atoms with Crippen molar-refractivity contribution in [2.75, 3.05) is 5.88 Å². The summed E-state index contributed by atoms with van der Waals surface area (Å²) in [6.07, 6.45) is 7.33. The van der Waals surface area contributed by atoms with Crippen LogP contribution in [0, 0.1) is 18.3 Å². The molecule has 2 heteroatoms. The van der Waals surface area contributed by atoms with Gasteiger partial charge in [0.15, 0.2) is 0 Å². The zero-order valence-electron chi connectivity index (χ0n) is 6.11. The number of terminal acetylenes is 1. The number of hydrogen-bond acceptors (Lipinski definition) is 0. The molecule has 0 aromatic heterocycles. The van der Waals surface area contributed by atoms with Gasteiger partial charge in [0.2, 0.25) is 0 Å². The average Bonchev–Trinajstić information content (AvgIpc) is 1.99. The maximum absolute atomic E-state index is 5.59. The summed E-state index contributed by atoms with van der Waals surface area (Å²) in [6, 6.07) is 0. The molecule has 10 heavy (non-hydrogen) atoms. The van der Waals surface area contributed by atoms with E-state index in [1.807, 2.05) is 0 Å². The Morgan fingerprint density at radius 2 is 2.30 bits per heavy atom. The Labute approximate surface area is 76.5 Å². The first-order chi connectivity index (χ1) is 4.76. The van der Waals surface area contributed by atoms with Crippen LogP contribution in [0.15, 0.2) is 0 Å². The average molecular weight is 224 g/mol. The van der Waals surface area contributed by atoms with E-state index in [4.69, 9.17) is 18.0 Å². The molecule has 0 aliphatic carbocycles. The molecule has 0 fully saturated rings. The lowest BCUT2D eigenvalue weighted by Gasteiger charge is -2.14. The molecular weight excluding hydrogens is 211 g/mol. The summed E-state index contributed by atoms with van der Waals surface area (Å²) < 4.78 is 0. The molecule has 2 unspecified atom stereocenters. The highest BCUT2D eigenvalue weighted by Crippen LogP contribution is 2.19. The van der Waals surface area contributed by atoms with Crippen molar-refractivity contribution in [3.8, 4) is 12.3 Å². The fraction of sp³-hybridized carbons (Fsp3) is 0.750. The van der Waals surface area contributed by atoms with Crippen LogP contribution in [0.4, 0.5) is 0 Å². The highest BCUT2D eigenvalue weighted by atomic mass is 79.9. The summed E-state index contributed by atoms with van der Waals surface area (Å²) in [4.78, 5) is 0.191. The van der Waals surface area contributed by atoms with Gasteiger partial charge in [-0.1, -0.05) is 35.2 Å². The van der Waals surface area contributed by atoms with Crippen molar-refractivity contribution < 1.29 is 0 Å². The molecule has 2 atom stereocenters. The lowest BCUT2D eigenvalue weighted by Crippen LogP contribution is -2.11. The van der Waals surface area contributed by atoms with Crippen molar-refractivity contribution in [1.29, 1.82) is 0 Å². The summed E-state index contributed by atoms with van der Waals surface area (Å²) in [5, 5.41) is 0. The molecule has 0 rings (SSSR count). The summed E-state index contributed by atoms with van der Waals surface area (Å²) >= 11 is 9.00. The van der Waals surface area contributed by atoms with Crippen LogP contribution >= 0.6 is 27.5 Å². The molecular formula is C8H12BrCl. The smallest absolute Gasteiger partial charge is 0.0780 e. The van der Waals surface area contributed by atoms with Crippen molar-refractivity contribution >= 4 is 27.5 Å². The van der Waals surface area contributed by atoms with Gasteiger partial charge in [-0.05, 0) is 12.3 Å². The maximum atomic E-state index is 5.59. The predicted octanol–water partition coefficient (Wildman–Crippen LogP) is 3.04. The Balaban J connectivity index is 3.71. The minimum Gasteiger partial charge on any atom is -0.127 e. The number of halogens is 2. The zero-order chi connectivity index (χ0) is 7.98. The standard InChI is InChI=1S/C8H12BrCl/c1-3-7(5-6-10)8(9)4-2/h2,7-8H,3,5-6H2,1H3. The number of alkyl halides is 2. The van der Waals surface area contributed by atoms with Crippen molar-refractivity contribution in [2.24, 2.45) is 5.92 Å². The Hall–Kier alpha value is 0.330. The lowest BCUT2D eigenvalue weighted by atomic mass is 10.0. The van der Waals surface area contributed by atoms with Crippen LogP contribution in [0.25, 0.3) is 0 Å². The van der Waals surface area contributed by atoms with Gasteiger partial charge in [0.25, 0.3) is 0 Å². The summed E-state index contributed by atoms with van der Waals surface area (Å²) in [7, 11) is 0. The largest absolute Gasteiger partial charge is 0.127 e. The number of hydrogen-bond donors (Lipinski definition) is 0. The Kier molecular flexibility index (Phi) is 6.27. The van der Waals surface area contributed by atoms with Crippen molar-refractivity contribution in [2.45, 2.75) is 24.6 Å². The number of rotatable bonds is 4. The molecule has 0 spiro atoms. The predicted molar refractivity (Wildman–Crippen MR) is 50.7 cm³/mol. The molecule has 0 radical (unpaired) electrons. The van der Waals surface area contributed by atoms with E-state index in [9.17, 15) is 0 Å². The second-order valence-corrected chi connectivity index (χ2v) is 3.58. The van der Waals surface area contributed by atoms with E-state index in [2.05, 4.69) is 28.8 Å². The van der Waals surface area contributed by atoms with E-state index < -0.39 is 0 Å². The maximum Gasteiger partial charge on any atom is 0.0780 e. The molecule has 0 N–H and O–H groups in total. The fourth-order valence-electron chi connectivity index (χ4n) is 0.834. The van der Waals surface area contributed by atoms with E-state index in [1.54, 1.807) is 0 Å². The second-order valence-electron chi connectivity index (χ2n) is 2.21. The third-order valence-corrected chi connectivity index (χ3v) is 2.81. The van der Waals surface area contributed by atoms with Gasteiger partial charge in [-0.15, -0.1) is 18.0 Å². The minimum atomic E-state index is 0.191. The molecule has 0 heterocycles. The van der Waals surface area contributed by atoms with Gasteiger partial charge in [0.05, 0.1) is 4.83 Å². The van der Waals surface area contributed by atoms with Crippen LogP contribution in [0.5, 0.6) is 0 Å². The highest BCUT2D eigenvalue weighted by molar-refractivity contribution is 9.09. The van der Waals surface area contributed by atoms with E-state index >= 15 is 0 Å². The van der Waals surface area contributed by atoms with Gasteiger partial charge in [-0.25, -0.2) is 0 Å². The van der Waals surface area contributed by atoms with E-state index in [0.29, 0.717) is 11.8 Å². The molecule has 0 aromatic carbocycles. The van der Waals surface area contributed by atoms with Crippen LogP contribution in [0.2, 0.25) is 0 Å². The van der Waals surface area contributed by atoms with Gasteiger partial charge in [0, 0.05) is 5.88 Å². The molecule has 0 bridgehead atoms. The molecule has 58 valence electrons. The van der Waals surface area contributed by atoms with Crippen molar-refractivity contribution in [3.63, 3.8) is 0 Å². The zero-order valence-corrected chi connectivity index (χ0v) is 8.45. The SMILES string of the molecule is C#CC(Br)C(CC)CCCl. The second kappa shape index (κ2) is 6.07. The van der Waals surface area contributed by atoms with Gasteiger partial charge in [0.1, 0.15) is 0 Å². The normalized spacial score (nSPS) is 15.8. The van der Waals surface area contributed by atoms with Gasteiger partial charge in [-0.2, -0.15) is 0 Å². The molecule has 0 aliphatic rings. The topological polar surface area (TPSA) is 0 Å². The fourth-order valence-corrected chi connectivity index (χ4v) is 1.75. The first-order valence-corrected chi connectivity index (χ1v) is 4.87. The minimum absolute atomic E-state index is 0.191. The summed E-state index contributed by atoms with van der Waals surface area (Å²) in [6.45, 7) is 2.13. The monoisotopic (exact) mass is 222 g/mol. The van der Waals surface area contributed by atoms with Gasteiger partial charge in [-0.3, -0.25) is 0 Å². The molecule has 0 saturated heterocycles. The van der Waals surface area contributed by atoms with Gasteiger partial charge >= 0.3 is 0 Å². The van der Waals surface area contributed by atoms with Crippen LogP contribution < -0.4 is 0 Å². The van der Waals surface area contributed by atoms with E-state index in [1.165, 1.54) is 0 Å². The van der Waals surface area contributed by atoms with Crippen LogP contribution in [0.3, 0.4) is 0 Å². The molecule has 0 nitrogen and oxygen atoms in total. The molecule has 0 saturated carbocycles. The summed E-state index contributed by atoms with van der Waals surface area (Å²) in [5.74, 6) is 3.89. The van der Waals surface area contributed by atoms with Gasteiger partial charge < -0.3 is 0 Å². The van der Waals surface area contributed by atoms with Crippen LogP contribution in [0.1, 0.15) is 19.8 Å². The molecule has 0 aliphatic heterocycles. The molecule has 0 aromatic rings. The highest BCUT2D eigenvalue weighted by Gasteiger charge is 2.12. The van der Waals surface area contributed by atoms with Crippen LogP contribution in [-0.4, -0.2) is 10.7 Å². The van der Waals surface area contributed by atoms with Crippen LogP contribution in [-0.2, 0) is 0 Å². The Bertz CT molecular complexity index is 117. The Morgan fingerprint density at radius 1 is 1.70 bits per heavy atom. The quantitative estimate of drug-likeness (QED) is 0.508. The first kappa shape index (κ1) is 10.3. The van der Waals surface area contributed by atoms with Crippen molar-refractivity contribution in [1.82, 2.24) is 0 Å². The molecule has 0 amide bonds. The Morgan fingerprint density at radius 3 is 2.60 bits per heavy atom. The van der Waals surface area contributed by atoms with Crippen molar-refractivity contribution in [3.05, 3.63) is 0 Å². The first-order valence-electron chi connectivity index (χ1n) is 3.42.